The van der Waals surface area contributed by atoms with E-state index in [-0.39, 0.29) is 11.8 Å². The molecule has 0 unspecified atom stereocenters. The van der Waals surface area contributed by atoms with Gasteiger partial charge in [-0.1, -0.05) is 0 Å². The number of anilines is 2. The Morgan fingerprint density at radius 3 is 3.10 bits per heavy atom. The molecule has 2 amide bonds. The smallest absolute Gasteiger partial charge is 0.294 e. The van der Waals surface area contributed by atoms with Crippen molar-refractivity contribution in [2.45, 2.75) is 19.8 Å². The first-order chi connectivity index (χ1) is 10.1. The molecule has 0 saturated carbocycles. The highest BCUT2D eigenvalue weighted by atomic mass is 32.1. The van der Waals surface area contributed by atoms with Gasteiger partial charge >= 0.3 is 6.03 Å². The molecule has 0 fully saturated rings. The lowest BCUT2D eigenvalue weighted by molar-refractivity contribution is 0.0983. The SMILES string of the molecule is Cc1csc(NC(=O)N2CCCC(=O)c3cccnc32)n1. The molecule has 0 aliphatic carbocycles. The Labute approximate surface area is 125 Å². The standard InChI is InChI=1S/C14H14N4O2S/c1-9-8-21-13(16-9)17-14(20)18-7-3-5-11(19)10-4-2-6-15-12(10)18/h2,4,6,8H,3,5,7H2,1H3,(H,16,17,20). The van der Waals surface area contributed by atoms with Crippen LogP contribution in [0.5, 0.6) is 0 Å². The van der Waals surface area contributed by atoms with Crippen LogP contribution in [0, 0.1) is 6.92 Å². The van der Waals surface area contributed by atoms with Gasteiger partial charge < -0.3 is 0 Å². The minimum Gasteiger partial charge on any atom is -0.294 e. The molecule has 3 heterocycles. The van der Waals surface area contributed by atoms with Crippen LogP contribution in [0.3, 0.4) is 0 Å². The zero-order chi connectivity index (χ0) is 14.8. The summed E-state index contributed by atoms with van der Waals surface area (Å²) in [4.78, 5) is 34.4. The van der Waals surface area contributed by atoms with E-state index in [0.29, 0.717) is 35.9 Å². The topological polar surface area (TPSA) is 75.2 Å². The van der Waals surface area contributed by atoms with E-state index in [1.807, 2.05) is 12.3 Å². The Balaban J connectivity index is 1.88. The second kappa shape index (κ2) is 5.61. The summed E-state index contributed by atoms with van der Waals surface area (Å²) >= 11 is 1.37. The lowest BCUT2D eigenvalue weighted by Crippen LogP contribution is -2.36. The third-order valence-corrected chi connectivity index (χ3v) is 4.08. The second-order valence-corrected chi connectivity index (χ2v) is 5.64. The molecule has 0 atom stereocenters. The van der Waals surface area contributed by atoms with Crippen LogP contribution in [0.1, 0.15) is 28.9 Å². The quantitative estimate of drug-likeness (QED) is 0.879. The monoisotopic (exact) mass is 302 g/mol. The molecular weight excluding hydrogens is 288 g/mol. The Bertz CT molecular complexity index is 698. The number of thiazole rings is 1. The molecule has 0 aromatic carbocycles. The fraction of sp³-hybridized carbons (Fsp3) is 0.286. The molecule has 7 heteroatoms. The molecule has 3 rings (SSSR count). The number of nitrogens with one attached hydrogen (secondary N) is 1. The minimum atomic E-state index is -0.306. The predicted octanol–water partition coefficient (Wildman–Crippen LogP) is 2.86. The summed E-state index contributed by atoms with van der Waals surface area (Å²) in [7, 11) is 0. The van der Waals surface area contributed by atoms with Crippen LogP contribution >= 0.6 is 11.3 Å². The number of ketones is 1. The van der Waals surface area contributed by atoms with Crippen LogP contribution in [-0.4, -0.2) is 28.3 Å². The Hall–Kier alpha value is -2.28. The summed E-state index contributed by atoms with van der Waals surface area (Å²) in [6, 6.07) is 3.12. The molecule has 108 valence electrons. The van der Waals surface area contributed by atoms with Gasteiger partial charge in [-0.2, -0.15) is 0 Å². The molecule has 1 aliphatic rings. The number of amides is 2. The van der Waals surface area contributed by atoms with Gasteiger partial charge in [0.1, 0.15) is 5.82 Å². The molecule has 0 radical (unpaired) electrons. The molecule has 0 bridgehead atoms. The third kappa shape index (κ3) is 2.78. The van der Waals surface area contributed by atoms with E-state index in [2.05, 4.69) is 15.3 Å². The zero-order valence-electron chi connectivity index (χ0n) is 11.5. The van der Waals surface area contributed by atoms with Crippen molar-refractivity contribution in [1.82, 2.24) is 9.97 Å². The van der Waals surface area contributed by atoms with E-state index in [4.69, 9.17) is 0 Å². The summed E-state index contributed by atoms with van der Waals surface area (Å²) < 4.78 is 0. The lowest BCUT2D eigenvalue weighted by atomic mass is 10.1. The van der Waals surface area contributed by atoms with Crippen molar-refractivity contribution in [1.29, 1.82) is 0 Å². The Morgan fingerprint density at radius 1 is 1.48 bits per heavy atom. The molecule has 6 nitrogen and oxygen atoms in total. The molecule has 21 heavy (non-hydrogen) atoms. The fourth-order valence-electron chi connectivity index (χ4n) is 2.24. The first-order valence-electron chi connectivity index (χ1n) is 6.64. The highest BCUT2D eigenvalue weighted by Gasteiger charge is 2.26. The average molecular weight is 302 g/mol. The van der Waals surface area contributed by atoms with Gasteiger partial charge in [-0.05, 0) is 25.5 Å². The zero-order valence-corrected chi connectivity index (χ0v) is 12.3. The number of aryl methyl sites for hydroxylation is 1. The molecule has 1 N–H and O–H groups in total. The van der Waals surface area contributed by atoms with Crippen LogP contribution in [0.4, 0.5) is 15.7 Å². The molecule has 2 aromatic heterocycles. The Morgan fingerprint density at radius 2 is 2.33 bits per heavy atom. The van der Waals surface area contributed by atoms with Crippen molar-refractivity contribution >= 4 is 34.1 Å². The van der Waals surface area contributed by atoms with Crippen molar-refractivity contribution < 1.29 is 9.59 Å². The van der Waals surface area contributed by atoms with Crippen LogP contribution < -0.4 is 10.2 Å². The predicted molar refractivity (Wildman–Crippen MR) is 81.0 cm³/mol. The normalized spacial score (nSPS) is 14.5. The highest BCUT2D eigenvalue weighted by molar-refractivity contribution is 7.13. The summed E-state index contributed by atoms with van der Waals surface area (Å²) in [5, 5.41) is 5.17. The first-order valence-corrected chi connectivity index (χ1v) is 7.52. The van der Waals surface area contributed by atoms with E-state index in [9.17, 15) is 9.59 Å². The van der Waals surface area contributed by atoms with Gasteiger partial charge in [-0.25, -0.2) is 14.8 Å². The van der Waals surface area contributed by atoms with Gasteiger partial charge in [0.2, 0.25) is 0 Å². The lowest BCUT2D eigenvalue weighted by Gasteiger charge is -2.20. The number of fused-ring (bicyclic) bond motifs is 1. The van der Waals surface area contributed by atoms with Crippen molar-refractivity contribution in [2.75, 3.05) is 16.8 Å². The van der Waals surface area contributed by atoms with Gasteiger partial charge in [0, 0.05) is 24.5 Å². The maximum Gasteiger partial charge on any atom is 0.329 e. The maximum atomic E-state index is 12.4. The summed E-state index contributed by atoms with van der Waals surface area (Å²) in [5.74, 6) is 0.448. The van der Waals surface area contributed by atoms with Crippen LogP contribution in [0.15, 0.2) is 23.7 Å². The third-order valence-electron chi connectivity index (χ3n) is 3.21. The number of rotatable bonds is 1. The van der Waals surface area contributed by atoms with E-state index < -0.39 is 0 Å². The van der Waals surface area contributed by atoms with Crippen molar-refractivity contribution in [2.24, 2.45) is 0 Å². The van der Waals surface area contributed by atoms with E-state index in [1.165, 1.54) is 16.2 Å². The Kier molecular flexibility index (Phi) is 3.66. The average Bonchev–Trinajstić information content (AvgIpc) is 2.80. The molecule has 2 aromatic rings. The van der Waals surface area contributed by atoms with E-state index in [0.717, 1.165) is 5.69 Å². The maximum absolute atomic E-state index is 12.4. The largest absolute Gasteiger partial charge is 0.329 e. The summed E-state index contributed by atoms with van der Waals surface area (Å²) in [6.45, 7) is 2.33. The molecule has 1 aliphatic heterocycles. The van der Waals surface area contributed by atoms with E-state index >= 15 is 0 Å². The second-order valence-electron chi connectivity index (χ2n) is 4.78. The van der Waals surface area contributed by atoms with Gasteiger partial charge in [0.05, 0.1) is 11.3 Å². The number of carbonyl (C=O) groups excluding carboxylic acids is 2. The first kappa shape index (κ1) is 13.7. The van der Waals surface area contributed by atoms with Gasteiger partial charge in [0.15, 0.2) is 10.9 Å². The molecular formula is C14H14N4O2S. The van der Waals surface area contributed by atoms with E-state index in [1.54, 1.807) is 18.3 Å². The van der Waals surface area contributed by atoms with Crippen LogP contribution in [0.25, 0.3) is 0 Å². The number of Topliss-reactive ketones (excluding diaryl/α,β-unsaturated/α-hetero) is 1. The summed E-state index contributed by atoms with van der Waals surface area (Å²) in [5.41, 5.74) is 1.36. The minimum absolute atomic E-state index is 0.0264. The van der Waals surface area contributed by atoms with Gasteiger partial charge in [0.25, 0.3) is 0 Å². The number of pyridine rings is 1. The van der Waals surface area contributed by atoms with Gasteiger partial charge in [-0.3, -0.25) is 15.0 Å². The summed E-state index contributed by atoms with van der Waals surface area (Å²) in [6.07, 6.45) is 2.64. The van der Waals surface area contributed by atoms with Gasteiger partial charge in [-0.15, -0.1) is 11.3 Å². The number of hydrogen-bond acceptors (Lipinski definition) is 5. The van der Waals surface area contributed by atoms with Crippen molar-refractivity contribution in [3.63, 3.8) is 0 Å². The number of hydrogen-bond donors (Lipinski definition) is 1. The number of nitrogens with zero attached hydrogens (tertiary/aromatic N) is 3. The fourth-order valence-corrected chi connectivity index (χ4v) is 2.91. The number of aromatic nitrogens is 2. The number of carbonyl (C=O) groups is 2. The molecule has 0 saturated heterocycles. The van der Waals surface area contributed by atoms with Crippen molar-refractivity contribution in [3.8, 4) is 0 Å². The van der Waals surface area contributed by atoms with Crippen molar-refractivity contribution in [3.05, 3.63) is 35.0 Å². The number of urea groups is 1. The van der Waals surface area contributed by atoms with Crippen LogP contribution in [0.2, 0.25) is 0 Å². The molecule has 0 spiro atoms. The van der Waals surface area contributed by atoms with Crippen LogP contribution in [-0.2, 0) is 0 Å². The highest BCUT2D eigenvalue weighted by Crippen LogP contribution is 2.25.